The minimum atomic E-state index is -3.75. The molecule has 0 saturated carbocycles. The van der Waals surface area contributed by atoms with Crippen molar-refractivity contribution in [1.29, 1.82) is 0 Å². The van der Waals surface area contributed by atoms with Gasteiger partial charge in [-0.2, -0.15) is 5.10 Å². The van der Waals surface area contributed by atoms with Gasteiger partial charge < -0.3 is 0 Å². The van der Waals surface area contributed by atoms with Gasteiger partial charge in [-0.1, -0.05) is 48.0 Å². The van der Waals surface area contributed by atoms with Gasteiger partial charge in [0.2, 0.25) is 0 Å². The Labute approximate surface area is 180 Å². The van der Waals surface area contributed by atoms with Crippen LogP contribution in [0.3, 0.4) is 0 Å². The molecule has 3 aromatic rings. The fourth-order valence-electron chi connectivity index (χ4n) is 2.44. The lowest BCUT2D eigenvalue weighted by molar-refractivity contribution is 0.0955. The molecule has 8 heteroatoms. The van der Waals surface area contributed by atoms with E-state index in [4.69, 9.17) is 11.6 Å². The van der Waals surface area contributed by atoms with Crippen LogP contribution in [0.15, 0.2) is 94.9 Å². The zero-order valence-electron chi connectivity index (χ0n) is 15.7. The largest absolute Gasteiger partial charge is 0.280 e. The second kappa shape index (κ2) is 9.87. The Kier molecular flexibility index (Phi) is 7.00. The number of anilines is 1. The topological polar surface area (TPSA) is 87.6 Å². The SMILES string of the molecule is O=C(N/N=C\C=C\c1ccccc1)c1ccc(NS(=O)(=O)c2ccc(Cl)cc2)cc1. The summed E-state index contributed by atoms with van der Waals surface area (Å²) in [5.74, 6) is -0.411. The van der Waals surface area contributed by atoms with Gasteiger partial charge in [0, 0.05) is 22.5 Å². The molecule has 0 saturated heterocycles. The van der Waals surface area contributed by atoms with Crippen molar-refractivity contribution in [2.24, 2.45) is 5.10 Å². The summed E-state index contributed by atoms with van der Waals surface area (Å²) in [5.41, 5.74) is 4.10. The lowest BCUT2D eigenvalue weighted by Crippen LogP contribution is -2.17. The summed E-state index contributed by atoms with van der Waals surface area (Å²) in [4.78, 5) is 12.2. The fraction of sp³-hybridized carbons (Fsp3) is 0. The Bertz CT molecular complexity index is 1160. The molecule has 6 nitrogen and oxygen atoms in total. The second-order valence-electron chi connectivity index (χ2n) is 6.13. The van der Waals surface area contributed by atoms with Crippen LogP contribution in [0.5, 0.6) is 0 Å². The van der Waals surface area contributed by atoms with Gasteiger partial charge in [-0.15, -0.1) is 0 Å². The minimum Gasteiger partial charge on any atom is -0.280 e. The number of halogens is 1. The standard InChI is InChI=1S/C22H18ClN3O3S/c23-19-10-14-21(15-11-19)30(28,29)26-20-12-8-18(9-13-20)22(27)25-24-16-4-7-17-5-2-1-3-6-17/h1-16,26H,(H,25,27)/b7-4+,24-16-. The first kappa shape index (κ1) is 21.3. The highest BCUT2D eigenvalue weighted by atomic mass is 35.5. The van der Waals surface area contributed by atoms with Crippen molar-refractivity contribution >= 4 is 45.5 Å². The molecule has 0 aliphatic carbocycles. The smallest absolute Gasteiger partial charge is 0.271 e. The zero-order valence-corrected chi connectivity index (χ0v) is 17.3. The third-order valence-corrected chi connectivity index (χ3v) is 5.59. The van der Waals surface area contributed by atoms with Crippen LogP contribution in [0, 0.1) is 0 Å². The molecule has 0 aliphatic heterocycles. The van der Waals surface area contributed by atoms with Gasteiger partial charge in [-0.25, -0.2) is 13.8 Å². The molecule has 1 amide bonds. The van der Waals surface area contributed by atoms with E-state index >= 15 is 0 Å². The quantitative estimate of drug-likeness (QED) is 0.417. The maximum atomic E-state index is 12.4. The number of hydrazone groups is 1. The number of nitrogens with one attached hydrogen (secondary N) is 2. The van der Waals surface area contributed by atoms with Gasteiger partial charge in [-0.05, 0) is 60.2 Å². The Hall–Kier alpha value is -3.42. The third-order valence-electron chi connectivity index (χ3n) is 3.94. The molecule has 0 bridgehead atoms. The van der Waals surface area contributed by atoms with E-state index < -0.39 is 15.9 Å². The van der Waals surface area contributed by atoms with Crippen molar-refractivity contribution < 1.29 is 13.2 Å². The first-order chi connectivity index (χ1) is 14.4. The number of amides is 1. The number of benzene rings is 3. The maximum absolute atomic E-state index is 12.4. The van der Waals surface area contributed by atoms with E-state index in [0.29, 0.717) is 16.3 Å². The third kappa shape index (κ3) is 6.04. The number of nitrogens with zero attached hydrogens (tertiary/aromatic N) is 1. The molecule has 0 radical (unpaired) electrons. The van der Waals surface area contributed by atoms with Crippen LogP contribution in [-0.4, -0.2) is 20.5 Å². The van der Waals surface area contributed by atoms with Gasteiger partial charge in [0.05, 0.1) is 4.90 Å². The predicted molar refractivity (Wildman–Crippen MR) is 120 cm³/mol. The molecule has 0 spiro atoms. The summed E-state index contributed by atoms with van der Waals surface area (Å²) in [6.07, 6.45) is 5.04. The van der Waals surface area contributed by atoms with Crippen LogP contribution >= 0.6 is 11.6 Å². The first-order valence-electron chi connectivity index (χ1n) is 8.88. The highest BCUT2D eigenvalue weighted by molar-refractivity contribution is 7.92. The van der Waals surface area contributed by atoms with E-state index in [1.807, 2.05) is 36.4 Å². The first-order valence-corrected chi connectivity index (χ1v) is 10.7. The minimum absolute atomic E-state index is 0.0895. The van der Waals surface area contributed by atoms with Crippen LogP contribution in [0.1, 0.15) is 15.9 Å². The predicted octanol–water partition coefficient (Wildman–Crippen LogP) is 4.57. The number of hydrogen-bond acceptors (Lipinski definition) is 4. The Morgan fingerprint density at radius 3 is 2.23 bits per heavy atom. The van der Waals surface area contributed by atoms with Crippen molar-refractivity contribution in [2.75, 3.05) is 4.72 Å². The van der Waals surface area contributed by atoms with Gasteiger partial charge in [-0.3, -0.25) is 9.52 Å². The van der Waals surface area contributed by atoms with E-state index in [9.17, 15) is 13.2 Å². The Morgan fingerprint density at radius 2 is 1.57 bits per heavy atom. The number of rotatable bonds is 7. The van der Waals surface area contributed by atoms with Crippen molar-refractivity contribution in [3.05, 3.63) is 101 Å². The summed E-state index contributed by atoms with van der Waals surface area (Å²) in [6.45, 7) is 0. The number of allylic oxidation sites excluding steroid dienone is 1. The number of hydrogen-bond donors (Lipinski definition) is 2. The maximum Gasteiger partial charge on any atom is 0.271 e. The molecule has 0 fully saturated rings. The van der Waals surface area contributed by atoms with Crippen LogP contribution in [0.2, 0.25) is 5.02 Å². The lowest BCUT2D eigenvalue weighted by atomic mass is 10.2. The number of carbonyl (C=O) groups is 1. The van der Waals surface area contributed by atoms with Crippen molar-refractivity contribution in [1.82, 2.24) is 5.43 Å². The monoisotopic (exact) mass is 439 g/mol. The highest BCUT2D eigenvalue weighted by Crippen LogP contribution is 2.18. The molecule has 0 unspecified atom stereocenters. The number of carbonyl (C=O) groups excluding carboxylic acids is 1. The zero-order chi connectivity index (χ0) is 21.4. The van der Waals surface area contributed by atoms with Gasteiger partial charge in [0.15, 0.2) is 0 Å². The van der Waals surface area contributed by atoms with Crippen LogP contribution < -0.4 is 10.1 Å². The average molecular weight is 440 g/mol. The van der Waals surface area contributed by atoms with Crippen molar-refractivity contribution in [3.8, 4) is 0 Å². The molecule has 30 heavy (non-hydrogen) atoms. The highest BCUT2D eigenvalue weighted by Gasteiger charge is 2.14. The lowest BCUT2D eigenvalue weighted by Gasteiger charge is -2.08. The molecule has 0 aromatic heterocycles. The average Bonchev–Trinajstić information content (AvgIpc) is 2.74. The molecule has 0 atom stereocenters. The van der Waals surface area contributed by atoms with Gasteiger partial charge in [0.1, 0.15) is 0 Å². The van der Waals surface area contributed by atoms with E-state index in [-0.39, 0.29) is 4.90 Å². The summed E-state index contributed by atoms with van der Waals surface area (Å²) in [6, 6.07) is 21.5. The molecular weight excluding hydrogens is 422 g/mol. The van der Waals surface area contributed by atoms with Crippen LogP contribution in [-0.2, 0) is 10.0 Å². The molecule has 3 aromatic carbocycles. The summed E-state index contributed by atoms with van der Waals surface area (Å²) < 4.78 is 27.2. The molecule has 0 aliphatic rings. The second-order valence-corrected chi connectivity index (χ2v) is 8.24. The van der Waals surface area contributed by atoms with Crippen molar-refractivity contribution in [3.63, 3.8) is 0 Å². The molecule has 3 rings (SSSR count). The Balaban J connectivity index is 1.57. The fourth-order valence-corrected chi connectivity index (χ4v) is 3.62. The van der Waals surface area contributed by atoms with Crippen LogP contribution in [0.4, 0.5) is 5.69 Å². The van der Waals surface area contributed by atoms with E-state index in [2.05, 4.69) is 15.2 Å². The van der Waals surface area contributed by atoms with Gasteiger partial charge >= 0.3 is 0 Å². The molecule has 0 heterocycles. The molecule has 152 valence electrons. The summed E-state index contributed by atoms with van der Waals surface area (Å²) in [5, 5.41) is 4.30. The van der Waals surface area contributed by atoms with E-state index in [1.54, 1.807) is 6.08 Å². The van der Waals surface area contributed by atoms with Gasteiger partial charge in [0.25, 0.3) is 15.9 Å². The summed E-state index contributed by atoms with van der Waals surface area (Å²) in [7, 11) is -3.75. The Morgan fingerprint density at radius 1 is 0.900 bits per heavy atom. The number of sulfonamides is 1. The molecular formula is C22H18ClN3O3S. The normalized spacial score (nSPS) is 11.6. The van der Waals surface area contributed by atoms with Crippen molar-refractivity contribution in [2.45, 2.75) is 4.90 Å². The van der Waals surface area contributed by atoms with Crippen LogP contribution in [0.25, 0.3) is 6.08 Å². The van der Waals surface area contributed by atoms with E-state index in [0.717, 1.165) is 5.56 Å². The molecule has 2 N–H and O–H groups in total. The summed E-state index contributed by atoms with van der Waals surface area (Å²) >= 11 is 5.78. The van der Waals surface area contributed by atoms with E-state index in [1.165, 1.54) is 54.7 Å².